The van der Waals surface area contributed by atoms with E-state index in [1.54, 1.807) is 36.4 Å². The number of hydrogen-bond acceptors (Lipinski definition) is 11. The number of amides is 1. The monoisotopic (exact) mass is 599 g/mol. The van der Waals surface area contributed by atoms with E-state index in [-0.39, 0.29) is 60.6 Å². The van der Waals surface area contributed by atoms with Gasteiger partial charge in [0.15, 0.2) is 6.29 Å². The van der Waals surface area contributed by atoms with Crippen molar-refractivity contribution in [2.24, 2.45) is 5.73 Å². The summed E-state index contributed by atoms with van der Waals surface area (Å²) in [6.07, 6.45) is 0.618. The molecule has 0 atom stereocenters. The summed E-state index contributed by atoms with van der Waals surface area (Å²) in [5.74, 6) is -1.28. The zero-order chi connectivity index (χ0) is 31.5. The Morgan fingerprint density at radius 1 is 0.614 bits per heavy atom. The molecule has 44 heavy (non-hydrogen) atoms. The molecule has 0 bridgehead atoms. The average molecular weight is 600 g/mol. The third-order valence-electron chi connectivity index (χ3n) is 6.01. The van der Waals surface area contributed by atoms with Crippen LogP contribution in [-0.2, 0) is 4.74 Å². The topological polar surface area (TPSA) is 192 Å². The SMILES string of the molecule is NC(=O)c1ccc(OC(=O)c2ccc(N)cc2)cc1OCCOCCOc1cc(OC(=O)c2ccc(N)cc2)ccc1C=O. The van der Waals surface area contributed by atoms with Crippen molar-refractivity contribution in [2.75, 3.05) is 37.9 Å². The van der Waals surface area contributed by atoms with Gasteiger partial charge in [0.1, 0.15) is 36.2 Å². The zero-order valence-corrected chi connectivity index (χ0v) is 23.4. The molecule has 0 unspecified atom stereocenters. The second-order valence-corrected chi connectivity index (χ2v) is 9.17. The summed E-state index contributed by atoms with van der Waals surface area (Å²) < 4.78 is 27.6. The molecular formula is C32H29N3O9. The van der Waals surface area contributed by atoms with Crippen LogP contribution in [-0.4, -0.2) is 50.6 Å². The van der Waals surface area contributed by atoms with Crippen LogP contribution in [0.4, 0.5) is 11.4 Å². The Hall–Kier alpha value is -5.88. The van der Waals surface area contributed by atoms with Gasteiger partial charge in [-0.2, -0.15) is 0 Å². The van der Waals surface area contributed by atoms with Crippen LogP contribution < -0.4 is 36.1 Å². The molecule has 1 amide bonds. The molecular weight excluding hydrogens is 570 g/mol. The number of ether oxygens (including phenoxy) is 5. The van der Waals surface area contributed by atoms with Crippen LogP contribution in [0.5, 0.6) is 23.0 Å². The van der Waals surface area contributed by atoms with Gasteiger partial charge in [0, 0.05) is 23.5 Å². The number of carbonyl (C=O) groups excluding carboxylic acids is 4. The Labute approximate surface area is 252 Å². The zero-order valence-electron chi connectivity index (χ0n) is 23.4. The minimum Gasteiger partial charge on any atom is -0.490 e. The average Bonchev–Trinajstić information content (AvgIpc) is 3.01. The molecule has 0 aliphatic rings. The molecule has 4 rings (SSSR count). The second kappa shape index (κ2) is 14.8. The number of benzene rings is 4. The molecule has 12 heteroatoms. The maximum absolute atomic E-state index is 12.4. The largest absolute Gasteiger partial charge is 0.490 e. The van der Waals surface area contributed by atoms with E-state index in [0.717, 1.165) is 0 Å². The van der Waals surface area contributed by atoms with Gasteiger partial charge in [-0.15, -0.1) is 0 Å². The van der Waals surface area contributed by atoms with Gasteiger partial charge in [-0.25, -0.2) is 9.59 Å². The van der Waals surface area contributed by atoms with Crippen molar-refractivity contribution < 1.29 is 42.9 Å². The van der Waals surface area contributed by atoms with E-state index in [4.69, 9.17) is 40.9 Å². The molecule has 0 aromatic heterocycles. The van der Waals surface area contributed by atoms with Crippen LogP contribution in [0, 0.1) is 0 Å². The van der Waals surface area contributed by atoms with Gasteiger partial charge in [0.25, 0.3) is 5.91 Å². The lowest BCUT2D eigenvalue weighted by atomic mass is 10.1. The minimum atomic E-state index is -0.724. The standard InChI is InChI=1S/C32H29N3O9/c33-23-6-1-20(2-7-23)31(38)43-25-10-5-22(19-36)28(17-25)41-15-13-40-14-16-42-29-18-26(11-12-27(29)30(35)37)44-32(39)21-3-8-24(34)9-4-21/h1-12,17-19H,13-16,33-34H2,(H2,35,37). The highest BCUT2D eigenvalue weighted by Crippen LogP contribution is 2.26. The highest BCUT2D eigenvalue weighted by molar-refractivity contribution is 5.96. The maximum Gasteiger partial charge on any atom is 0.343 e. The highest BCUT2D eigenvalue weighted by Gasteiger charge is 2.15. The van der Waals surface area contributed by atoms with Crippen LogP contribution in [0.25, 0.3) is 0 Å². The number of nitrogens with two attached hydrogens (primary N) is 3. The van der Waals surface area contributed by atoms with E-state index < -0.39 is 17.8 Å². The normalized spacial score (nSPS) is 10.5. The Morgan fingerprint density at radius 3 is 1.59 bits per heavy atom. The first-order valence-corrected chi connectivity index (χ1v) is 13.3. The summed E-state index contributed by atoms with van der Waals surface area (Å²) in [6.45, 7) is 0.334. The number of primary amides is 1. The predicted molar refractivity (Wildman–Crippen MR) is 160 cm³/mol. The number of aldehydes is 1. The Morgan fingerprint density at radius 2 is 1.09 bits per heavy atom. The Balaban J connectivity index is 1.26. The third-order valence-corrected chi connectivity index (χ3v) is 6.01. The summed E-state index contributed by atoms with van der Waals surface area (Å²) in [4.78, 5) is 48.1. The quantitative estimate of drug-likeness (QED) is 0.0629. The van der Waals surface area contributed by atoms with E-state index in [1.807, 2.05) is 0 Å². The van der Waals surface area contributed by atoms with E-state index >= 15 is 0 Å². The van der Waals surface area contributed by atoms with E-state index in [1.165, 1.54) is 48.5 Å². The molecule has 0 aliphatic carbocycles. The van der Waals surface area contributed by atoms with Crippen LogP contribution in [0.3, 0.4) is 0 Å². The lowest BCUT2D eigenvalue weighted by molar-refractivity contribution is 0.0724. The van der Waals surface area contributed by atoms with Gasteiger partial charge in [0.05, 0.1) is 35.5 Å². The lowest BCUT2D eigenvalue weighted by Gasteiger charge is -2.13. The molecule has 4 aromatic rings. The molecule has 4 aromatic carbocycles. The molecule has 0 fully saturated rings. The highest BCUT2D eigenvalue weighted by atomic mass is 16.6. The maximum atomic E-state index is 12.4. The van der Waals surface area contributed by atoms with Crippen LogP contribution >= 0.6 is 0 Å². The number of nitrogen functional groups attached to an aromatic ring is 2. The fraction of sp³-hybridized carbons (Fsp3) is 0.125. The molecule has 226 valence electrons. The second-order valence-electron chi connectivity index (χ2n) is 9.17. The third kappa shape index (κ3) is 8.57. The lowest BCUT2D eigenvalue weighted by Crippen LogP contribution is -2.16. The predicted octanol–water partition coefficient (Wildman–Crippen LogP) is 3.68. The van der Waals surface area contributed by atoms with Crippen LogP contribution in [0.2, 0.25) is 0 Å². The molecule has 0 radical (unpaired) electrons. The van der Waals surface area contributed by atoms with Crippen LogP contribution in [0.1, 0.15) is 41.4 Å². The molecule has 0 heterocycles. The first kappa shape index (κ1) is 31.1. The summed E-state index contributed by atoms with van der Waals surface area (Å²) in [5.41, 5.74) is 18.7. The fourth-order valence-corrected chi connectivity index (χ4v) is 3.78. The minimum absolute atomic E-state index is 0.0335. The first-order valence-electron chi connectivity index (χ1n) is 13.3. The van der Waals surface area contributed by atoms with Crippen LogP contribution in [0.15, 0.2) is 84.9 Å². The number of hydrogen-bond donors (Lipinski definition) is 3. The number of esters is 2. The van der Waals surface area contributed by atoms with E-state index in [9.17, 15) is 19.2 Å². The van der Waals surface area contributed by atoms with Gasteiger partial charge in [0.2, 0.25) is 0 Å². The molecule has 0 saturated heterocycles. The number of anilines is 2. The van der Waals surface area contributed by atoms with Crippen molar-refractivity contribution >= 4 is 35.5 Å². The van der Waals surface area contributed by atoms with Crippen molar-refractivity contribution in [3.63, 3.8) is 0 Å². The van der Waals surface area contributed by atoms with Crippen molar-refractivity contribution in [3.8, 4) is 23.0 Å². The fourth-order valence-electron chi connectivity index (χ4n) is 3.78. The molecule has 6 N–H and O–H groups in total. The van der Waals surface area contributed by atoms with E-state index in [0.29, 0.717) is 28.8 Å². The van der Waals surface area contributed by atoms with Gasteiger partial charge >= 0.3 is 11.9 Å². The van der Waals surface area contributed by atoms with Crippen molar-refractivity contribution in [3.05, 3.63) is 107 Å². The summed E-state index contributed by atoms with van der Waals surface area (Å²) in [7, 11) is 0. The molecule has 0 aliphatic heterocycles. The van der Waals surface area contributed by atoms with Gasteiger partial charge in [-0.05, 0) is 72.8 Å². The smallest absolute Gasteiger partial charge is 0.343 e. The number of carbonyl (C=O) groups is 4. The van der Waals surface area contributed by atoms with Gasteiger partial charge < -0.3 is 40.9 Å². The van der Waals surface area contributed by atoms with Crippen molar-refractivity contribution in [1.82, 2.24) is 0 Å². The number of rotatable bonds is 14. The van der Waals surface area contributed by atoms with Gasteiger partial charge in [-0.3, -0.25) is 9.59 Å². The molecule has 12 nitrogen and oxygen atoms in total. The first-order chi connectivity index (χ1) is 21.2. The molecule has 0 saturated carbocycles. The molecule has 0 spiro atoms. The summed E-state index contributed by atoms with van der Waals surface area (Å²) >= 11 is 0. The van der Waals surface area contributed by atoms with Crippen molar-refractivity contribution in [1.29, 1.82) is 0 Å². The van der Waals surface area contributed by atoms with Crippen molar-refractivity contribution in [2.45, 2.75) is 0 Å². The van der Waals surface area contributed by atoms with E-state index in [2.05, 4.69) is 0 Å². The van der Waals surface area contributed by atoms with Gasteiger partial charge in [-0.1, -0.05) is 0 Å². The Kier molecular flexibility index (Phi) is 10.5. The Bertz CT molecular complexity index is 1640. The summed E-state index contributed by atoms with van der Waals surface area (Å²) in [5, 5.41) is 0. The summed E-state index contributed by atoms with van der Waals surface area (Å²) in [6, 6.07) is 21.0.